The van der Waals surface area contributed by atoms with Crippen molar-refractivity contribution in [2.75, 3.05) is 26.2 Å². The Hall–Kier alpha value is -4.62. The number of rotatable bonds is 15. The Labute approximate surface area is 324 Å². The number of aromatic nitrogens is 1. The summed E-state index contributed by atoms with van der Waals surface area (Å²) in [6.45, 7) is 10.9. The zero-order valence-corrected chi connectivity index (χ0v) is 32.4. The summed E-state index contributed by atoms with van der Waals surface area (Å²) in [7, 11) is 0. The maximum atomic E-state index is 11.7. The van der Waals surface area contributed by atoms with Crippen LogP contribution in [0.15, 0.2) is 67.0 Å². The number of carboxylic acid groups (broad SMARTS) is 1. The SMILES string of the molecule is Cc1c(COc2cc(OCc3cncc(C#N)c3)c(CN3CCCC[C@H]3C)cc2Cl)cccc1-c1cccc(OCCCN2CCCC[C@H]2C(=O)O)c1C. The number of nitrogens with zero attached hydrogens (tertiary/aromatic N) is 4. The summed E-state index contributed by atoms with van der Waals surface area (Å²) in [5.74, 6) is 1.34. The van der Waals surface area contributed by atoms with Crippen molar-refractivity contribution in [3.05, 3.63) is 105 Å². The smallest absolute Gasteiger partial charge is 0.320 e. The van der Waals surface area contributed by atoms with E-state index in [0.29, 0.717) is 54.3 Å². The van der Waals surface area contributed by atoms with E-state index in [4.69, 9.17) is 25.8 Å². The third-order valence-electron chi connectivity index (χ3n) is 10.9. The number of aliphatic carboxylic acids is 1. The first-order valence-corrected chi connectivity index (χ1v) is 19.5. The number of halogens is 1. The summed E-state index contributed by atoms with van der Waals surface area (Å²) >= 11 is 6.91. The fourth-order valence-electron chi connectivity index (χ4n) is 7.68. The predicted octanol–water partition coefficient (Wildman–Crippen LogP) is 9.13. The third kappa shape index (κ3) is 9.72. The van der Waals surface area contributed by atoms with Crippen molar-refractivity contribution >= 4 is 17.6 Å². The van der Waals surface area contributed by atoms with Crippen molar-refractivity contribution in [3.8, 4) is 34.4 Å². The first-order chi connectivity index (χ1) is 26.2. The number of likely N-dealkylation sites (tertiary alicyclic amines) is 2. The summed E-state index contributed by atoms with van der Waals surface area (Å²) in [6.07, 6.45) is 10.3. The molecule has 10 heteroatoms. The fourth-order valence-corrected chi connectivity index (χ4v) is 7.92. The van der Waals surface area contributed by atoms with Gasteiger partial charge in [0, 0.05) is 48.7 Å². The first kappa shape index (κ1) is 39.1. The van der Waals surface area contributed by atoms with Crippen LogP contribution in [0.1, 0.15) is 85.3 Å². The van der Waals surface area contributed by atoms with Crippen LogP contribution < -0.4 is 14.2 Å². The van der Waals surface area contributed by atoms with E-state index in [1.165, 1.54) is 19.3 Å². The molecule has 0 bridgehead atoms. The minimum absolute atomic E-state index is 0.263. The van der Waals surface area contributed by atoms with Gasteiger partial charge in [-0.3, -0.25) is 19.6 Å². The van der Waals surface area contributed by atoms with Crippen LogP contribution in [0.5, 0.6) is 17.2 Å². The number of hydrogen-bond donors (Lipinski definition) is 1. The molecule has 3 heterocycles. The van der Waals surface area contributed by atoms with Crippen molar-refractivity contribution < 1.29 is 24.1 Å². The number of nitriles is 1. The van der Waals surface area contributed by atoms with Crippen molar-refractivity contribution in [3.63, 3.8) is 0 Å². The third-order valence-corrected chi connectivity index (χ3v) is 11.2. The van der Waals surface area contributed by atoms with E-state index in [2.05, 4.69) is 59.8 Å². The quantitative estimate of drug-likeness (QED) is 0.119. The van der Waals surface area contributed by atoms with E-state index >= 15 is 0 Å². The molecule has 2 atom stereocenters. The maximum absolute atomic E-state index is 11.7. The van der Waals surface area contributed by atoms with E-state index in [1.807, 2.05) is 30.3 Å². The molecule has 0 amide bonds. The van der Waals surface area contributed by atoms with Crippen LogP contribution in [-0.2, 0) is 24.6 Å². The Morgan fingerprint density at radius 3 is 2.39 bits per heavy atom. The highest BCUT2D eigenvalue weighted by atomic mass is 35.5. The average molecular weight is 751 g/mol. The number of pyridine rings is 1. The van der Waals surface area contributed by atoms with Crippen molar-refractivity contribution in [2.24, 2.45) is 0 Å². The number of carboxylic acids is 1. The number of piperidine rings is 2. The van der Waals surface area contributed by atoms with Gasteiger partial charge in [-0.05, 0) is 112 Å². The van der Waals surface area contributed by atoms with Crippen LogP contribution in [0.3, 0.4) is 0 Å². The number of hydrogen-bond acceptors (Lipinski definition) is 8. The molecule has 3 aromatic carbocycles. The van der Waals surface area contributed by atoms with Gasteiger partial charge in [0.25, 0.3) is 0 Å². The lowest BCUT2D eigenvalue weighted by atomic mass is 9.93. The summed E-state index contributed by atoms with van der Waals surface area (Å²) in [5.41, 5.74) is 7.70. The normalized spacial score (nSPS) is 17.8. The molecule has 2 aliphatic heterocycles. The molecular weight excluding hydrogens is 700 g/mol. The fraction of sp³-hybridized carbons (Fsp3) is 0.432. The Kier molecular flexibility index (Phi) is 13.5. The largest absolute Gasteiger partial charge is 0.493 e. The monoisotopic (exact) mass is 750 g/mol. The van der Waals surface area contributed by atoms with E-state index in [0.717, 1.165) is 83.6 Å². The minimum Gasteiger partial charge on any atom is -0.493 e. The van der Waals surface area contributed by atoms with E-state index < -0.39 is 5.97 Å². The maximum Gasteiger partial charge on any atom is 0.320 e. The van der Waals surface area contributed by atoms with Crippen molar-refractivity contribution in [1.29, 1.82) is 5.26 Å². The highest BCUT2D eigenvalue weighted by molar-refractivity contribution is 6.32. The summed E-state index contributed by atoms with van der Waals surface area (Å²) in [4.78, 5) is 20.4. The minimum atomic E-state index is -0.728. The molecule has 0 unspecified atom stereocenters. The second-order valence-corrected chi connectivity index (χ2v) is 15.0. The van der Waals surface area contributed by atoms with Gasteiger partial charge in [0.1, 0.15) is 42.6 Å². The summed E-state index contributed by atoms with van der Waals surface area (Å²) < 4.78 is 19.1. The number of ether oxygens (including phenoxy) is 3. The molecule has 9 nitrogen and oxygen atoms in total. The molecule has 1 N–H and O–H groups in total. The van der Waals surface area contributed by atoms with Gasteiger partial charge < -0.3 is 19.3 Å². The molecule has 2 fully saturated rings. The van der Waals surface area contributed by atoms with Gasteiger partial charge in [0.15, 0.2) is 0 Å². The van der Waals surface area contributed by atoms with E-state index in [1.54, 1.807) is 18.5 Å². The summed E-state index contributed by atoms with van der Waals surface area (Å²) in [5, 5.41) is 19.5. The second-order valence-electron chi connectivity index (χ2n) is 14.6. The molecule has 4 aromatic rings. The standard InChI is InChI=1S/C44H51ClN4O5/c1-30-11-4-6-18-49(30)27-36-22-39(45)43(23-42(36)53-28-34-21-33(24-46)25-47-26-34)54-29-35-12-8-13-37(31(35)2)38-14-9-16-41(32(38)3)52-20-10-19-48-17-7-5-15-40(48)44(50)51/h8-9,12-14,16,21-23,25-26,30,40H,4-7,10-11,15,17-20,27-29H2,1-3H3,(H,50,51)/t30-,40+/m1/s1. The first-order valence-electron chi connectivity index (χ1n) is 19.2. The van der Waals surface area contributed by atoms with Crippen molar-refractivity contribution in [2.45, 2.75) is 97.6 Å². The zero-order chi connectivity index (χ0) is 38.0. The number of benzene rings is 3. The van der Waals surface area contributed by atoms with Crippen LogP contribution in [0, 0.1) is 25.2 Å². The van der Waals surface area contributed by atoms with Crippen LogP contribution in [0.25, 0.3) is 11.1 Å². The molecule has 1 aromatic heterocycles. The molecule has 2 saturated heterocycles. The zero-order valence-electron chi connectivity index (χ0n) is 31.7. The van der Waals surface area contributed by atoms with Gasteiger partial charge in [0.2, 0.25) is 0 Å². The van der Waals surface area contributed by atoms with E-state index in [9.17, 15) is 15.2 Å². The summed E-state index contributed by atoms with van der Waals surface area (Å²) in [6, 6.07) is 20.3. The van der Waals surface area contributed by atoms with Gasteiger partial charge in [0.05, 0.1) is 17.2 Å². The molecule has 0 saturated carbocycles. The Balaban J connectivity index is 1.15. The van der Waals surface area contributed by atoms with Crippen LogP contribution in [0.4, 0.5) is 0 Å². The Bertz CT molecular complexity index is 1960. The predicted molar refractivity (Wildman–Crippen MR) is 211 cm³/mol. The van der Waals surface area contributed by atoms with Gasteiger partial charge in [-0.1, -0.05) is 54.8 Å². The highest BCUT2D eigenvalue weighted by Crippen LogP contribution is 2.37. The van der Waals surface area contributed by atoms with Crippen LogP contribution in [-0.4, -0.2) is 64.2 Å². The highest BCUT2D eigenvalue weighted by Gasteiger charge is 2.28. The van der Waals surface area contributed by atoms with Crippen LogP contribution >= 0.6 is 11.6 Å². The molecule has 54 heavy (non-hydrogen) atoms. The average Bonchev–Trinajstić information content (AvgIpc) is 3.18. The van der Waals surface area contributed by atoms with Gasteiger partial charge in [-0.2, -0.15) is 5.26 Å². The van der Waals surface area contributed by atoms with Crippen LogP contribution in [0.2, 0.25) is 5.02 Å². The van der Waals surface area contributed by atoms with Crippen molar-refractivity contribution in [1.82, 2.24) is 14.8 Å². The van der Waals surface area contributed by atoms with Gasteiger partial charge in [-0.15, -0.1) is 0 Å². The van der Waals surface area contributed by atoms with E-state index in [-0.39, 0.29) is 12.6 Å². The Morgan fingerprint density at radius 2 is 1.61 bits per heavy atom. The number of carbonyl (C=O) groups is 1. The second kappa shape index (κ2) is 18.6. The molecule has 0 aliphatic carbocycles. The van der Waals surface area contributed by atoms with Gasteiger partial charge >= 0.3 is 5.97 Å². The molecule has 6 rings (SSSR count). The molecule has 284 valence electrons. The molecule has 0 radical (unpaired) electrons. The molecule has 0 spiro atoms. The van der Waals surface area contributed by atoms with Gasteiger partial charge in [-0.25, -0.2) is 0 Å². The topological polar surface area (TPSA) is 108 Å². The Morgan fingerprint density at radius 1 is 0.870 bits per heavy atom. The molecule has 2 aliphatic rings. The molecular formula is C44H51ClN4O5. The lowest BCUT2D eigenvalue weighted by molar-refractivity contribution is -0.144. The lowest BCUT2D eigenvalue weighted by Crippen LogP contribution is -2.45. The lowest BCUT2D eigenvalue weighted by Gasteiger charge is -2.33.